The lowest BCUT2D eigenvalue weighted by Crippen LogP contribution is -2.26. The van der Waals surface area contributed by atoms with Gasteiger partial charge in [-0.1, -0.05) is 17.8 Å². The highest BCUT2D eigenvalue weighted by atomic mass is 32.1. The standard InChI is InChI=1S/C10H20N4S/c1-4-5-9-10(15-13-12-9)8-11-6-7-14(2)3/h11H,4-8H2,1-3H3. The summed E-state index contributed by atoms with van der Waals surface area (Å²) in [5.74, 6) is 0. The van der Waals surface area contributed by atoms with Crippen molar-refractivity contribution in [1.82, 2.24) is 19.8 Å². The lowest BCUT2D eigenvalue weighted by Gasteiger charge is -2.09. The Hall–Kier alpha value is -0.520. The van der Waals surface area contributed by atoms with E-state index >= 15 is 0 Å². The molecule has 0 aliphatic carbocycles. The van der Waals surface area contributed by atoms with Gasteiger partial charge in [-0.2, -0.15) is 0 Å². The molecule has 0 aliphatic heterocycles. The van der Waals surface area contributed by atoms with Gasteiger partial charge in [0.2, 0.25) is 0 Å². The molecule has 1 heterocycles. The van der Waals surface area contributed by atoms with E-state index < -0.39 is 0 Å². The van der Waals surface area contributed by atoms with Crippen LogP contribution in [0.3, 0.4) is 0 Å². The van der Waals surface area contributed by atoms with Gasteiger partial charge in [0.05, 0.1) is 10.6 Å². The molecule has 0 spiro atoms. The van der Waals surface area contributed by atoms with E-state index in [9.17, 15) is 0 Å². The van der Waals surface area contributed by atoms with Crippen molar-refractivity contribution in [1.29, 1.82) is 0 Å². The number of rotatable bonds is 7. The molecule has 1 N–H and O–H groups in total. The fourth-order valence-electron chi connectivity index (χ4n) is 1.29. The van der Waals surface area contributed by atoms with Crippen molar-refractivity contribution in [2.24, 2.45) is 0 Å². The Morgan fingerprint density at radius 1 is 1.40 bits per heavy atom. The first-order valence-electron chi connectivity index (χ1n) is 5.39. The minimum atomic E-state index is 0.904. The zero-order valence-electron chi connectivity index (χ0n) is 9.79. The Balaban J connectivity index is 2.27. The molecule has 4 nitrogen and oxygen atoms in total. The number of aromatic nitrogens is 2. The third kappa shape index (κ3) is 4.68. The molecular weight excluding hydrogens is 208 g/mol. The van der Waals surface area contributed by atoms with E-state index in [1.54, 1.807) is 0 Å². The molecule has 1 aromatic rings. The van der Waals surface area contributed by atoms with Gasteiger partial charge >= 0.3 is 0 Å². The van der Waals surface area contributed by atoms with Crippen molar-refractivity contribution in [3.8, 4) is 0 Å². The number of nitrogens with one attached hydrogen (secondary N) is 1. The number of hydrogen-bond donors (Lipinski definition) is 1. The van der Waals surface area contributed by atoms with Gasteiger partial charge in [0.15, 0.2) is 0 Å². The fraction of sp³-hybridized carbons (Fsp3) is 0.800. The van der Waals surface area contributed by atoms with Crippen LogP contribution in [-0.2, 0) is 13.0 Å². The minimum absolute atomic E-state index is 0.904. The van der Waals surface area contributed by atoms with E-state index in [4.69, 9.17) is 0 Å². The van der Waals surface area contributed by atoms with Gasteiger partial charge in [-0.3, -0.25) is 0 Å². The molecule has 0 aliphatic rings. The summed E-state index contributed by atoms with van der Waals surface area (Å²) in [6, 6.07) is 0. The molecule has 86 valence electrons. The molecule has 0 saturated carbocycles. The van der Waals surface area contributed by atoms with Crippen LogP contribution < -0.4 is 5.32 Å². The smallest absolute Gasteiger partial charge is 0.0800 e. The van der Waals surface area contributed by atoms with Crippen molar-refractivity contribution in [3.05, 3.63) is 10.6 Å². The summed E-state index contributed by atoms with van der Waals surface area (Å²) >= 11 is 1.51. The van der Waals surface area contributed by atoms with Gasteiger partial charge < -0.3 is 10.2 Å². The summed E-state index contributed by atoms with van der Waals surface area (Å²) in [6.45, 7) is 5.15. The molecule has 0 bridgehead atoms. The first-order valence-corrected chi connectivity index (χ1v) is 6.17. The molecule has 1 aromatic heterocycles. The van der Waals surface area contributed by atoms with E-state index in [-0.39, 0.29) is 0 Å². The van der Waals surface area contributed by atoms with E-state index in [1.807, 2.05) is 0 Å². The Morgan fingerprint density at radius 3 is 2.87 bits per heavy atom. The maximum absolute atomic E-state index is 4.14. The number of aryl methyl sites for hydroxylation is 1. The highest BCUT2D eigenvalue weighted by Gasteiger charge is 2.05. The number of nitrogens with zero attached hydrogens (tertiary/aromatic N) is 3. The van der Waals surface area contributed by atoms with Crippen LogP contribution in [0.1, 0.15) is 23.9 Å². The summed E-state index contributed by atoms with van der Waals surface area (Å²) in [7, 11) is 4.16. The average Bonchev–Trinajstić information content (AvgIpc) is 2.61. The van der Waals surface area contributed by atoms with Gasteiger partial charge in [-0.15, -0.1) is 5.10 Å². The van der Waals surface area contributed by atoms with Crippen molar-refractivity contribution in [2.45, 2.75) is 26.3 Å². The summed E-state index contributed by atoms with van der Waals surface area (Å²) < 4.78 is 4.00. The lowest BCUT2D eigenvalue weighted by atomic mass is 10.2. The number of hydrogen-bond acceptors (Lipinski definition) is 5. The summed E-state index contributed by atoms with van der Waals surface area (Å²) in [5.41, 5.74) is 1.17. The molecule has 1 rings (SSSR count). The van der Waals surface area contributed by atoms with E-state index in [0.717, 1.165) is 32.5 Å². The Kier molecular flexibility index (Phi) is 5.75. The van der Waals surface area contributed by atoms with Gasteiger partial charge in [-0.25, -0.2) is 0 Å². The number of likely N-dealkylation sites (N-methyl/N-ethyl adjacent to an activating group) is 1. The van der Waals surface area contributed by atoms with E-state index in [1.165, 1.54) is 22.1 Å². The Bertz CT molecular complexity index is 272. The zero-order valence-corrected chi connectivity index (χ0v) is 10.6. The third-order valence-corrected chi connectivity index (χ3v) is 2.91. The predicted octanol–water partition coefficient (Wildman–Crippen LogP) is 1.14. The Labute approximate surface area is 95.8 Å². The van der Waals surface area contributed by atoms with Crippen LogP contribution in [0.2, 0.25) is 0 Å². The average molecular weight is 228 g/mol. The van der Waals surface area contributed by atoms with Crippen LogP contribution in [-0.4, -0.2) is 41.7 Å². The molecule has 0 radical (unpaired) electrons. The maximum Gasteiger partial charge on any atom is 0.0800 e. The van der Waals surface area contributed by atoms with Crippen LogP contribution in [0.15, 0.2) is 0 Å². The molecular formula is C10H20N4S. The predicted molar refractivity (Wildman–Crippen MR) is 64.2 cm³/mol. The highest BCUT2D eigenvalue weighted by Crippen LogP contribution is 2.11. The molecule has 15 heavy (non-hydrogen) atoms. The molecule has 0 aromatic carbocycles. The van der Waals surface area contributed by atoms with Gasteiger partial charge in [0.25, 0.3) is 0 Å². The topological polar surface area (TPSA) is 41.1 Å². The largest absolute Gasteiger partial charge is 0.310 e. The summed E-state index contributed by atoms with van der Waals surface area (Å²) in [5, 5.41) is 7.54. The monoisotopic (exact) mass is 228 g/mol. The van der Waals surface area contributed by atoms with Crippen molar-refractivity contribution >= 4 is 11.5 Å². The highest BCUT2D eigenvalue weighted by molar-refractivity contribution is 7.05. The second-order valence-corrected chi connectivity index (χ2v) is 4.71. The molecule has 0 unspecified atom stereocenters. The van der Waals surface area contributed by atoms with Crippen LogP contribution >= 0.6 is 11.5 Å². The minimum Gasteiger partial charge on any atom is -0.310 e. The van der Waals surface area contributed by atoms with Crippen molar-refractivity contribution in [3.63, 3.8) is 0 Å². The summed E-state index contributed by atoms with van der Waals surface area (Å²) in [4.78, 5) is 3.46. The van der Waals surface area contributed by atoms with Crippen LogP contribution in [0, 0.1) is 0 Å². The van der Waals surface area contributed by atoms with Crippen LogP contribution in [0.5, 0.6) is 0 Å². The van der Waals surface area contributed by atoms with Crippen molar-refractivity contribution in [2.75, 3.05) is 27.2 Å². The van der Waals surface area contributed by atoms with Gasteiger partial charge in [-0.05, 0) is 32.0 Å². The second kappa shape index (κ2) is 6.87. The first-order chi connectivity index (χ1) is 7.24. The maximum atomic E-state index is 4.14. The van der Waals surface area contributed by atoms with E-state index in [2.05, 4.69) is 40.8 Å². The molecule has 0 atom stereocenters. The summed E-state index contributed by atoms with van der Waals surface area (Å²) in [6.07, 6.45) is 2.18. The molecule has 0 fully saturated rings. The lowest BCUT2D eigenvalue weighted by molar-refractivity contribution is 0.400. The first kappa shape index (κ1) is 12.5. The normalized spacial score (nSPS) is 11.2. The van der Waals surface area contributed by atoms with Crippen LogP contribution in [0.4, 0.5) is 0 Å². The third-order valence-electron chi connectivity index (χ3n) is 2.14. The molecule has 0 amide bonds. The van der Waals surface area contributed by atoms with Crippen molar-refractivity contribution < 1.29 is 0 Å². The molecule has 5 heteroatoms. The van der Waals surface area contributed by atoms with Crippen LogP contribution in [0.25, 0.3) is 0 Å². The van der Waals surface area contributed by atoms with Gasteiger partial charge in [0, 0.05) is 19.6 Å². The van der Waals surface area contributed by atoms with E-state index in [0.29, 0.717) is 0 Å². The van der Waals surface area contributed by atoms with Gasteiger partial charge in [0.1, 0.15) is 0 Å². The Morgan fingerprint density at radius 2 is 2.20 bits per heavy atom. The zero-order chi connectivity index (χ0) is 11.1. The quantitative estimate of drug-likeness (QED) is 0.711. The SMILES string of the molecule is CCCc1nnsc1CNCCN(C)C. The fourth-order valence-corrected chi connectivity index (χ4v) is 1.95. The molecule has 0 saturated heterocycles. The second-order valence-electron chi connectivity index (χ2n) is 3.87.